The molecule has 0 amide bonds. The summed E-state index contributed by atoms with van der Waals surface area (Å²) in [5.74, 6) is 2.76. The summed E-state index contributed by atoms with van der Waals surface area (Å²) in [5, 5.41) is 0. The molecule has 3 unspecified atom stereocenters. The Morgan fingerprint density at radius 1 is 1.27 bits per heavy atom. The van der Waals surface area contributed by atoms with E-state index in [1.165, 1.54) is 11.1 Å². The molecular weight excluding hydrogens is 462 g/mol. The molecular formula is C20H29Br2NO3. The van der Waals surface area contributed by atoms with Gasteiger partial charge in [-0.25, -0.2) is 4.90 Å². The average molecular weight is 491 g/mol. The van der Waals surface area contributed by atoms with E-state index in [0.29, 0.717) is 30.0 Å². The minimum Gasteiger partial charge on any atom is -0.497 e. The number of rotatable bonds is 4. The van der Waals surface area contributed by atoms with Crippen LogP contribution in [0.5, 0.6) is 5.75 Å². The number of nitrogens with zero attached hydrogens (tertiary/aromatic N) is 1. The van der Waals surface area contributed by atoms with Crippen molar-refractivity contribution in [3.63, 3.8) is 0 Å². The van der Waals surface area contributed by atoms with Crippen LogP contribution >= 0.6 is 31.9 Å². The van der Waals surface area contributed by atoms with Gasteiger partial charge in [-0.05, 0) is 48.4 Å². The highest BCUT2D eigenvalue weighted by molar-refractivity contribution is 9.09. The van der Waals surface area contributed by atoms with Crippen LogP contribution in [0.2, 0.25) is 0 Å². The molecule has 6 heteroatoms. The van der Waals surface area contributed by atoms with Crippen molar-refractivity contribution in [3.05, 3.63) is 29.3 Å². The van der Waals surface area contributed by atoms with Gasteiger partial charge in [-0.1, -0.05) is 44.8 Å². The van der Waals surface area contributed by atoms with Crippen LogP contribution in [-0.4, -0.2) is 54.4 Å². The Bertz CT molecular complexity index is 607. The fourth-order valence-corrected chi connectivity index (χ4v) is 5.78. The quantitative estimate of drug-likeness (QED) is 0.573. The Morgan fingerprint density at radius 3 is 2.65 bits per heavy atom. The van der Waals surface area contributed by atoms with Gasteiger partial charge in [-0.15, -0.1) is 0 Å². The van der Waals surface area contributed by atoms with E-state index in [1.807, 2.05) is 5.83 Å². The second-order valence-corrected chi connectivity index (χ2v) is 8.20. The summed E-state index contributed by atoms with van der Waals surface area (Å²) in [4.78, 5) is 2.92. The Kier molecular flexibility index (Phi) is 7.05. The van der Waals surface area contributed by atoms with Crippen molar-refractivity contribution < 1.29 is 14.2 Å². The van der Waals surface area contributed by atoms with Gasteiger partial charge in [0.05, 0.1) is 20.3 Å². The molecule has 0 bridgehead atoms. The van der Waals surface area contributed by atoms with E-state index in [1.54, 1.807) is 7.11 Å². The van der Waals surface area contributed by atoms with E-state index in [9.17, 15) is 0 Å². The fraction of sp³-hybridized carbons (Fsp3) is 0.700. The Balaban J connectivity index is 0.000000948. The molecule has 2 fully saturated rings. The number of hydrogen-bond donors (Lipinski definition) is 0. The highest BCUT2D eigenvalue weighted by Gasteiger charge is 2.53. The number of ether oxygens (including phenoxy) is 3. The van der Waals surface area contributed by atoms with Crippen molar-refractivity contribution in [2.45, 2.75) is 55.3 Å². The fourth-order valence-electron chi connectivity index (χ4n) is 4.78. The van der Waals surface area contributed by atoms with Gasteiger partial charge >= 0.3 is 0 Å². The third kappa shape index (κ3) is 3.60. The van der Waals surface area contributed by atoms with Crippen molar-refractivity contribution in [3.8, 4) is 5.75 Å². The van der Waals surface area contributed by atoms with Crippen LogP contribution in [0.3, 0.4) is 0 Å². The van der Waals surface area contributed by atoms with Crippen molar-refractivity contribution in [2.24, 2.45) is 0 Å². The molecule has 0 aromatic heterocycles. The van der Waals surface area contributed by atoms with Gasteiger partial charge in [0.15, 0.2) is 0 Å². The molecule has 0 radical (unpaired) electrons. The highest BCUT2D eigenvalue weighted by atomic mass is 79.9. The van der Waals surface area contributed by atoms with E-state index >= 15 is 0 Å². The van der Waals surface area contributed by atoms with E-state index in [-0.39, 0.29) is 0 Å². The predicted molar refractivity (Wildman–Crippen MR) is 112 cm³/mol. The first kappa shape index (κ1) is 20.6. The van der Waals surface area contributed by atoms with E-state index < -0.39 is 5.91 Å². The van der Waals surface area contributed by atoms with E-state index in [4.69, 9.17) is 14.2 Å². The maximum atomic E-state index is 6.15. The molecule has 1 aliphatic carbocycles. The molecule has 1 aromatic rings. The standard InChI is InChI=1S/C19H26BrNO3.CH3Br/c1-3-7-19(23-9-10-24-19)21-8-6-15-16-12-14(22-2)5-4-13(16)11-17(20)18(15)21;1-2/h4-5,12,15,17-18H,3,6-11H2,1-2H3;1H3. The molecule has 3 atom stereocenters. The lowest BCUT2D eigenvalue weighted by Crippen LogP contribution is -2.56. The first-order chi connectivity index (χ1) is 12.7. The third-order valence-corrected chi connectivity index (χ3v) is 6.60. The molecule has 2 saturated heterocycles. The number of alkyl halides is 2. The number of likely N-dealkylation sites (tertiary alicyclic amines) is 1. The number of halogens is 2. The van der Waals surface area contributed by atoms with Crippen LogP contribution in [-0.2, 0) is 15.9 Å². The summed E-state index contributed by atoms with van der Waals surface area (Å²) in [6, 6.07) is 6.95. The minimum atomic E-state index is -0.517. The van der Waals surface area contributed by atoms with Crippen LogP contribution < -0.4 is 4.74 Å². The van der Waals surface area contributed by atoms with Gasteiger partial charge in [0.2, 0.25) is 5.91 Å². The zero-order valence-corrected chi connectivity index (χ0v) is 19.0. The van der Waals surface area contributed by atoms with Crippen LogP contribution in [0.15, 0.2) is 18.2 Å². The zero-order valence-electron chi connectivity index (χ0n) is 15.8. The van der Waals surface area contributed by atoms with Gasteiger partial charge in [-0.2, -0.15) is 0 Å². The molecule has 0 N–H and O–H groups in total. The first-order valence-corrected chi connectivity index (χ1v) is 11.9. The number of benzene rings is 1. The molecule has 1 aromatic carbocycles. The summed E-state index contributed by atoms with van der Waals surface area (Å²) in [6.07, 6.45) is 4.18. The normalized spacial score (nSPS) is 29.5. The third-order valence-electron chi connectivity index (χ3n) is 5.73. The van der Waals surface area contributed by atoms with Crippen LogP contribution in [0.25, 0.3) is 0 Å². The summed E-state index contributed by atoms with van der Waals surface area (Å²) in [5.41, 5.74) is 2.89. The summed E-state index contributed by atoms with van der Waals surface area (Å²) in [7, 11) is 1.74. The Morgan fingerprint density at radius 2 is 2.00 bits per heavy atom. The van der Waals surface area contributed by atoms with Gasteiger partial charge in [-0.3, -0.25) is 0 Å². The molecule has 146 valence electrons. The number of methoxy groups -OCH3 is 1. The summed E-state index contributed by atoms with van der Waals surface area (Å²) < 4.78 is 17.8. The van der Waals surface area contributed by atoms with Crippen molar-refractivity contribution >= 4 is 31.9 Å². The average Bonchev–Trinajstić information content (AvgIpc) is 3.32. The van der Waals surface area contributed by atoms with E-state index in [2.05, 4.69) is 61.9 Å². The maximum Gasteiger partial charge on any atom is 0.230 e. The van der Waals surface area contributed by atoms with Crippen LogP contribution in [0, 0.1) is 0 Å². The van der Waals surface area contributed by atoms with Gasteiger partial charge < -0.3 is 14.2 Å². The Hall–Kier alpha value is -0.140. The minimum absolute atomic E-state index is 0.411. The highest BCUT2D eigenvalue weighted by Crippen LogP contribution is 2.49. The smallest absolute Gasteiger partial charge is 0.230 e. The zero-order chi connectivity index (χ0) is 18.7. The number of fused-ring (bicyclic) bond motifs is 3. The van der Waals surface area contributed by atoms with Crippen molar-refractivity contribution in [1.29, 1.82) is 0 Å². The monoisotopic (exact) mass is 489 g/mol. The second-order valence-electron chi connectivity index (χ2n) is 7.02. The van der Waals surface area contributed by atoms with Crippen molar-refractivity contribution in [2.75, 3.05) is 32.7 Å². The van der Waals surface area contributed by atoms with E-state index in [0.717, 1.165) is 38.0 Å². The molecule has 26 heavy (non-hydrogen) atoms. The maximum absolute atomic E-state index is 6.15. The van der Waals surface area contributed by atoms with Gasteiger partial charge in [0.25, 0.3) is 0 Å². The lowest BCUT2D eigenvalue weighted by Gasteiger charge is -2.44. The molecule has 2 heterocycles. The molecule has 4 nitrogen and oxygen atoms in total. The van der Waals surface area contributed by atoms with Crippen molar-refractivity contribution in [1.82, 2.24) is 4.90 Å². The molecule has 2 aliphatic heterocycles. The molecule has 4 rings (SSSR count). The molecule has 0 spiro atoms. The lowest BCUT2D eigenvalue weighted by atomic mass is 9.79. The SMILES string of the molecule is CBr.CCCC1(N2CCC3c4cc(OC)ccc4CC(Br)C32)OCCO1. The predicted octanol–water partition coefficient (Wildman–Crippen LogP) is 4.68. The second kappa shape index (κ2) is 8.91. The summed E-state index contributed by atoms with van der Waals surface area (Å²) in [6.45, 7) is 4.62. The first-order valence-electron chi connectivity index (χ1n) is 9.42. The summed E-state index contributed by atoms with van der Waals surface area (Å²) >= 11 is 6.92. The largest absolute Gasteiger partial charge is 0.497 e. The van der Waals surface area contributed by atoms with Crippen LogP contribution in [0.1, 0.15) is 43.2 Å². The lowest BCUT2D eigenvalue weighted by molar-refractivity contribution is -0.267. The van der Waals surface area contributed by atoms with Crippen LogP contribution in [0.4, 0.5) is 0 Å². The molecule has 3 aliphatic rings. The number of hydrogen-bond acceptors (Lipinski definition) is 4. The van der Waals surface area contributed by atoms with Gasteiger partial charge in [0.1, 0.15) is 5.75 Å². The molecule has 0 saturated carbocycles. The van der Waals surface area contributed by atoms with Gasteiger partial charge in [0, 0.05) is 29.8 Å². The topological polar surface area (TPSA) is 30.9 Å². The Labute approximate surface area is 173 Å².